The van der Waals surface area contributed by atoms with E-state index in [-0.39, 0.29) is 5.41 Å². The molecule has 0 saturated carbocycles. The summed E-state index contributed by atoms with van der Waals surface area (Å²) in [5.74, 6) is 0. The number of unbranched alkanes of at least 4 members (excludes halogenated alkanes) is 3. The number of rotatable bonds is 10. The van der Waals surface area contributed by atoms with E-state index in [4.69, 9.17) is 5.26 Å². The van der Waals surface area contributed by atoms with Crippen LogP contribution in [0.5, 0.6) is 0 Å². The maximum atomic E-state index is 11.3. The van der Waals surface area contributed by atoms with E-state index in [1.54, 1.807) is 0 Å². The van der Waals surface area contributed by atoms with Gasteiger partial charge in [0.25, 0.3) is 0 Å². The summed E-state index contributed by atoms with van der Waals surface area (Å²) in [6.07, 6.45) is 12.7. The molecule has 2 nitrogen and oxygen atoms in total. The fourth-order valence-corrected chi connectivity index (χ4v) is 1.88. The Morgan fingerprint density at radius 1 is 1.18 bits per heavy atom. The Balaban J connectivity index is 4.48. The molecule has 0 saturated heterocycles. The lowest BCUT2D eigenvalue weighted by atomic mass is 9.79. The number of nitrogens with zero attached hydrogens (tertiary/aromatic N) is 1. The van der Waals surface area contributed by atoms with E-state index >= 15 is 0 Å². The summed E-state index contributed by atoms with van der Waals surface area (Å²) in [5, 5.41) is 8.67. The third-order valence-corrected chi connectivity index (χ3v) is 3.11. The summed E-state index contributed by atoms with van der Waals surface area (Å²) in [5.41, 5.74) is -0.389. The number of hydrogen-bond donors (Lipinski definition) is 0. The van der Waals surface area contributed by atoms with E-state index in [2.05, 4.69) is 26.0 Å². The van der Waals surface area contributed by atoms with Crippen LogP contribution < -0.4 is 0 Å². The first-order valence-electron chi connectivity index (χ1n) is 6.75. The molecule has 0 rings (SSSR count). The number of allylic oxidation sites excluding steroid dienone is 2. The van der Waals surface area contributed by atoms with Crippen LogP contribution in [0.4, 0.5) is 0 Å². The summed E-state index contributed by atoms with van der Waals surface area (Å²) in [4.78, 5) is 11.3. The number of hydrogen-bond acceptors (Lipinski definition) is 2. The van der Waals surface area contributed by atoms with Crippen LogP contribution in [-0.4, -0.2) is 6.29 Å². The molecular weight excluding hydrogens is 210 g/mol. The molecule has 0 aromatic heterocycles. The van der Waals surface area contributed by atoms with E-state index in [0.717, 1.165) is 38.4 Å². The predicted molar refractivity (Wildman–Crippen MR) is 71.5 cm³/mol. The topological polar surface area (TPSA) is 40.9 Å². The quantitative estimate of drug-likeness (QED) is 0.319. The van der Waals surface area contributed by atoms with Gasteiger partial charge in [0, 0.05) is 11.8 Å². The Bertz CT molecular complexity index is 265. The van der Waals surface area contributed by atoms with Crippen LogP contribution in [0.25, 0.3) is 0 Å². The molecule has 96 valence electrons. The zero-order chi connectivity index (χ0) is 13.0. The van der Waals surface area contributed by atoms with Crippen molar-refractivity contribution < 1.29 is 4.79 Å². The van der Waals surface area contributed by atoms with Crippen LogP contribution in [0.15, 0.2) is 12.2 Å². The van der Waals surface area contributed by atoms with Gasteiger partial charge in [-0.05, 0) is 19.3 Å². The van der Waals surface area contributed by atoms with Gasteiger partial charge in [-0.3, -0.25) is 0 Å². The molecule has 1 unspecified atom stereocenters. The number of carbonyl (C=O) groups is 1. The first-order chi connectivity index (χ1) is 8.24. The van der Waals surface area contributed by atoms with Gasteiger partial charge in [-0.1, -0.05) is 51.7 Å². The van der Waals surface area contributed by atoms with Crippen molar-refractivity contribution in [1.29, 1.82) is 5.26 Å². The van der Waals surface area contributed by atoms with Crippen molar-refractivity contribution >= 4 is 6.29 Å². The highest BCUT2D eigenvalue weighted by Gasteiger charge is 2.25. The van der Waals surface area contributed by atoms with Crippen LogP contribution in [0.3, 0.4) is 0 Å². The molecular formula is C15H25NO. The van der Waals surface area contributed by atoms with Crippen LogP contribution >= 0.6 is 0 Å². The lowest BCUT2D eigenvalue weighted by Gasteiger charge is -2.23. The van der Waals surface area contributed by atoms with Gasteiger partial charge in [0.2, 0.25) is 0 Å². The highest BCUT2D eigenvalue weighted by Crippen LogP contribution is 2.30. The fraction of sp³-hybridized carbons (Fsp3) is 0.733. The summed E-state index contributed by atoms with van der Waals surface area (Å²) in [7, 11) is 0. The second-order valence-electron chi connectivity index (χ2n) is 4.66. The lowest BCUT2D eigenvalue weighted by Crippen LogP contribution is -2.19. The molecule has 0 radical (unpaired) electrons. The zero-order valence-corrected chi connectivity index (χ0v) is 11.2. The van der Waals surface area contributed by atoms with Gasteiger partial charge in [0.05, 0.1) is 6.07 Å². The van der Waals surface area contributed by atoms with E-state index in [0.29, 0.717) is 12.8 Å². The second kappa shape index (κ2) is 10.1. The molecule has 1 atom stereocenters. The smallest absolute Gasteiger partial charge is 0.129 e. The van der Waals surface area contributed by atoms with Crippen LogP contribution in [0.2, 0.25) is 0 Å². The molecule has 0 bridgehead atoms. The van der Waals surface area contributed by atoms with Crippen LogP contribution in [-0.2, 0) is 4.79 Å². The monoisotopic (exact) mass is 235 g/mol. The highest BCUT2D eigenvalue weighted by molar-refractivity contribution is 5.62. The van der Waals surface area contributed by atoms with Crippen molar-refractivity contribution in [1.82, 2.24) is 0 Å². The van der Waals surface area contributed by atoms with Crippen molar-refractivity contribution in [3.05, 3.63) is 12.2 Å². The Hall–Kier alpha value is -1.10. The van der Waals surface area contributed by atoms with E-state index in [9.17, 15) is 4.79 Å². The minimum atomic E-state index is -0.389. The number of carbonyl (C=O) groups excluding carboxylic acids is 1. The first kappa shape index (κ1) is 15.9. The Morgan fingerprint density at radius 3 is 2.41 bits per heavy atom. The summed E-state index contributed by atoms with van der Waals surface area (Å²) < 4.78 is 0. The number of nitriles is 1. The molecule has 0 fully saturated rings. The van der Waals surface area contributed by atoms with Gasteiger partial charge < -0.3 is 4.79 Å². The standard InChI is InChI=1S/C15H25NO/c1-3-5-7-8-11-15(14-17,10-6-4-2)12-9-13-16/h8,11,14H,3-7,9-10,12H2,1-2H3. The van der Waals surface area contributed by atoms with Gasteiger partial charge in [-0.15, -0.1) is 0 Å². The SMILES string of the molecule is CCCCC=CC(C=O)(CCC#N)CCCC. The van der Waals surface area contributed by atoms with Gasteiger partial charge >= 0.3 is 0 Å². The Labute approximate surface area is 106 Å². The second-order valence-corrected chi connectivity index (χ2v) is 4.66. The predicted octanol–water partition coefficient (Wildman–Crippen LogP) is 4.41. The van der Waals surface area contributed by atoms with Crippen molar-refractivity contribution in [3.63, 3.8) is 0 Å². The third kappa shape index (κ3) is 6.94. The molecule has 0 aliphatic rings. The molecule has 0 N–H and O–H groups in total. The summed E-state index contributed by atoms with van der Waals surface area (Å²) in [6, 6.07) is 2.14. The number of aldehydes is 1. The van der Waals surface area contributed by atoms with Crippen LogP contribution in [0, 0.1) is 16.7 Å². The molecule has 2 heteroatoms. The normalized spacial score (nSPS) is 14.4. The molecule has 0 aromatic rings. The summed E-state index contributed by atoms with van der Waals surface area (Å²) >= 11 is 0. The minimum absolute atomic E-state index is 0.389. The lowest BCUT2D eigenvalue weighted by molar-refractivity contribution is -0.114. The van der Waals surface area contributed by atoms with Crippen molar-refractivity contribution in [2.45, 2.75) is 65.2 Å². The molecule has 0 aliphatic heterocycles. The Morgan fingerprint density at radius 2 is 1.88 bits per heavy atom. The van der Waals surface area contributed by atoms with Gasteiger partial charge in [-0.2, -0.15) is 5.26 Å². The Kier molecular flexibility index (Phi) is 9.43. The highest BCUT2D eigenvalue weighted by atomic mass is 16.1. The van der Waals surface area contributed by atoms with Crippen molar-refractivity contribution in [3.8, 4) is 6.07 Å². The third-order valence-electron chi connectivity index (χ3n) is 3.11. The van der Waals surface area contributed by atoms with Crippen molar-refractivity contribution in [2.75, 3.05) is 0 Å². The molecule has 0 aromatic carbocycles. The minimum Gasteiger partial charge on any atom is -0.302 e. The van der Waals surface area contributed by atoms with E-state index < -0.39 is 0 Å². The van der Waals surface area contributed by atoms with E-state index in [1.165, 1.54) is 6.42 Å². The van der Waals surface area contributed by atoms with Crippen LogP contribution in [0.1, 0.15) is 65.2 Å². The largest absolute Gasteiger partial charge is 0.302 e. The maximum absolute atomic E-state index is 11.3. The zero-order valence-electron chi connectivity index (χ0n) is 11.2. The molecule has 0 heterocycles. The molecule has 0 spiro atoms. The van der Waals surface area contributed by atoms with E-state index in [1.807, 2.05) is 6.08 Å². The fourth-order valence-electron chi connectivity index (χ4n) is 1.88. The van der Waals surface area contributed by atoms with Gasteiger partial charge in [0.1, 0.15) is 6.29 Å². The average molecular weight is 235 g/mol. The summed E-state index contributed by atoms with van der Waals surface area (Å²) in [6.45, 7) is 4.29. The maximum Gasteiger partial charge on any atom is 0.129 e. The molecule has 0 aliphatic carbocycles. The molecule has 0 amide bonds. The van der Waals surface area contributed by atoms with Crippen molar-refractivity contribution in [2.24, 2.45) is 5.41 Å². The molecule has 17 heavy (non-hydrogen) atoms. The first-order valence-corrected chi connectivity index (χ1v) is 6.75. The average Bonchev–Trinajstić information content (AvgIpc) is 2.37. The van der Waals surface area contributed by atoms with Gasteiger partial charge in [0.15, 0.2) is 0 Å². The van der Waals surface area contributed by atoms with Gasteiger partial charge in [-0.25, -0.2) is 0 Å².